The minimum atomic E-state index is -0.268. The van der Waals surface area contributed by atoms with Crippen molar-refractivity contribution in [2.45, 2.75) is 25.2 Å². The van der Waals surface area contributed by atoms with Crippen molar-refractivity contribution in [2.75, 3.05) is 13.2 Å². The van der Waals surface area contributed by atoms with Gasteiger partial charge in [-0.15, -0.1) is 0 Å². The molecule has 0 saturated carbocycles. The summed E-state index contributed by atoms with van der Waals surface area (Å²) < 4.78 is 0. The number of hydrogen-bond donors (Lipinski definition) is 4. The lowest BCUT2D eigenvalue weighted by Crippen LogP contribution is -2.51. The standard InChI is InChI=1S/C16H22N4O2/c21-11-15(19-9-13-5-1-3-7-17-13)16(12-22)20-10-14-6-2-4-8-18-14/h1-8,15-16,19-22H,9-12H2/t15-,16-/m1/s1. The van der Waals surface area contributed by atoms with Crippen LogP contribution in [0.1, 0.15) is 11.4 Å². The van der Waals surface area contributed by atoms with Crippen LogP contribution in [-0.4, -0.2) is 45.5 Å². The molecule has 0 fully saturated rings. The van der Waals surface area contributed by atoms with Gasteiger partial charge in [-0.2, -0.15) is 0 Å². The molecule has 4 N–H and O–H groups in total. The second kappa shape index (κ2) is 9.22. The Morgan fingerprint density at radius 1 is 0.773 bits per heavy atom. The molecule has 0 amide bonds. The Hall–Kier alpha value is -1.86. The molecule has 0 radical (unpaired) electrons. The largest absolute Gasteiger partial charge is 0.395 e. The van der Waals surface area contributed by atoms with Gasteiger partial charge in [0.25, 0.3) is 0 Å². The molecular formula is C16H22N4O2. The Morgan fingerprint density at radius 2 is 1.23 bits per heavy atom. The van der Waals surface area contributed by atoms with E-state index in [0.717, 1.165) is 11.4 Å². The number of nitrogens with zero attached hydrogens (tertiary/aromatic N) is 2. The highest BCUT2D eigenvalue weighted by atomic mass is 16.3. The van der Waals surface area contributed by atoms with Crippen LogP contribution in [-0.2, 0) is 13.1 Å². The summed E-state index contributed by atoms with van der Waals surface area (Å²) >= 11 is 0. The molecule has 0 spiro atoms. The van der Waals surface area contributed by atoms with Gasteiger partial charge in [0.1, 0.15) is 0 Å². The number of aromatic nitrogens is 2. The molecule has 0 aliphatic rings. The van der Waals surface area contributed by atoms with Crippen LogP contribution in [0.15, 0.2) is 48.8 Å². The molecule has 0 saturated heterocycles. The van der Waals surface area contributed by atoms with Crippen molar-refractivity contribution in [3.05, 3.63) is 60.2 Å². The molecule has 2 aromatic heterocycles. The predicted molar refractivity (Wildman–Crippen MR) is 83.9 cm³/mol. The molecule has 2 aromatic rings. The van der Waals surface area contributed by atoms with E-state index in [9.17, 15) is 10.2 Å². The molecule has 0 unspecified atom stereocenters. The Bertz CT molecular complexity index is 475. The molecule has 6 nitrogen and oxygen atoms in total. The summed E-state index contributed by atoms with van der Waals surface area (Å²) in [6.45, 7) is 0.919. The minimum Gasteiger partial charge on any atom is -0.395 e. The Balaban J connectivity index is 1.86. The summed E-state index contributed by atoms with van der Waals surface area (Å²) in [5.41, 5.74) is 1.78. The molecule has 22 heavy (non-hydrogen) atoms. The number of hydrogen-bond acceptors (Lipinski definition) is 6. The average Bonchev–Trinajstić information content (AvgIpc) is 2.59. The van der Waals surface area contributed by atoms with Gasteiger partial charge < -0.3 is 20.8 Å². The van der Waals surface area contributed by atoms with Gasteiger partial charge in [0, 0.05) is 37.6 Å². The van der Waals surface area contributed by atoms with Gasteiger partial charge in [-0.25, -0.2) is 0 Å². The van der Waals surface area contributed by atoms with E-state index < -0.39 is 0 Å². The molecule has 2 atom stereocenters. The molecule has 0 aromatic carbocycles. The first-order valence-corrected chi connectivity index (χ1v) is 7.31. The zero-order valence-corrected chi connectivity index (χ0v) is 12.4. The van der Waals surface area contributed by atoms with Gasteiger partial charge in [0.15, 0.2) is 0 Å². The van der Waals surface area contributed by atoms with Gasteiger partial charge in [0.2, 0.25) is 0 Å². The van der Waals surface area contributed by atoms with E-state index >= 15 is 0 Å². The van der Waals surface area contributed by atoms with E-state index in [4.69, 9.17) is 0 Å². The van der Waals surface area contributed by atoms with E-state index in [1.54, 1.807) is 12.4 Å². The van der Waals surface area contributed by atoms with Gasteiger partial charge in [-0.05, 0) is 24.3 Å². The lowest BCUT2D eigenvalue weighted by molar-refractivity contribution is 0.157. The fourth-order valence-electron chi connectivity index (χ4n) is 2.14. The van der Waals surface area contributed by atoms with Crippen LogP contribution in [0.25, 0.3) is 0 Å². The maximum Gasteiger partial charge on any atom is 0.0600 e. The van der Waals surface area contributed by atoms with Crippen LogP contribution in [0.5, 0.6) is 0 Å². The van der Waals surface area contributed by atoms with Crippen molar-refractivity contribution < 1.29 is 10.2 Å². The quantitative estimate of drug-likeness (QED) is 0.524. The highest BCUT2D eigenvalue weighted by molar-refractivity contribution is 5.05. The van der Waals surface area contributed by atoms with E-state index in [1.807, 2.05) is 36.4 Å². The summed E-state index contributed by atoms with van der Waals surface area (Å²) in [6.07, 6.45) is 3.46. The van der Waals surface area contributed by atoms with E-state index in [1.165, 1.54) is 0 Å². The van der Waals surface area contributed by atoms with Crippen LogP contribution in [0.4, 0.5) is 0 Å². The third-order valence-electron chi connectivity index (χ3n) is 3.42. The van der Waals surface area contributed by atoms with E-state index in [0.29, 0.717) is 13.1 Å². The van der Waals surface area contributed by atoms with Crippen molar-refractivity contribution in [3.8, 4) is 0 Å². The molecule has 0 bridgehead atoms. The topological polar surface area (TPSA) is 90.3 Å². The Labute approximate surface area is 130 Å². The molecule has 6 heteroatoms. The summed E-state index contributed by atoms with van der Waals surface area (Å²) in [5, 5.41) is 25.5. The smallest absolute Gasteiger partial charge is 0.0600 e. The first-order chi connectivity index (χ1) is 10.8. The third-order valence-corrected chi connectivity index (χ3v) is 3.42. The zero-order chi connectivity index (χ0) is 15.6. The second-order valence-electron chi connectivity index (χ2n) is 4.98. The summed E-state index contributed by atoms with van der Waals surface area (Å²) in [7, 11) is 0. The maximum atomic E-state index is 9.55. The number of aliphatic hydroxyl groups excluding tert-OH is 2. The highest BCUT2D eigenvalue weighted by Gasteiger charge is 2.19. The van der Waals surface area contributed by atoms with Gasteiger partial charge in [0.05, 0.1) is 24.6 Å². The summed E-state index contributed by atoms with van der Waals surface area (Å²) in [4.78, 5) is 8.45. The van der Waals surface area contributed by atoms with Crippen LogP contribution >= 0.6 is 0 Å². The highest BCUT2D eigenvalue weighted by Crippen LogP contribution is 2.00. The van der Waals surface area contributed by atoms with E-state index in [-0.39, 0.29) is 25.3 Å². The summed E-state index contributed by atoms with van der Waals surface area (Å²) in [5.74, 6) is 0. The molecule has 2 heterocycles. The number of nitrogens with one attached hydrogen (secondary N) is 2. The molecule has 118 valence electrons. The number of aliphatic hydroxyl groups is 2. The molecule has 2 rings (SSSR count). The second-order valence-corrected chi connectivity index (χ2v) is 4.98. The van der Waals surface area contributed by atoms with Gasteiger partial charge in [-0.1, -0.05) is 12.1 Å². The van der Waals surface area contributed by atoms with E-state index in [2.05, 4.69) is 20.6 Å². The number of pyridine rings is 2. The Morgan fingerprint density at radius 3 is 1.55 bits per heavy atom. The number of rotatable bonds is 9. The molecular weight excluding hydrogens is 280 g/mol. The normalized spacial score (nSPS) is 13.7. The average molecular weight is 302 g/mol. The first kappa shape index (κ1) is 16.5. The lowest BCUT2D eigenvalue weighted by Gasteiger charge is -2.26. The van der Waals surface area contributed by atoms with Crippen molar-refractivity contribution in [3.63, 3.8) is 0 Å². The van der Waals surface area contributed by atoms with Crippen LogP contribution < -0.4 is 10.6 Å². The van der Waals surface area contributed by atoms with Crippen LogP contribution in [0.2, 0.25) is 0 Å². The fraction of sp³-hybridized carbons (Fsp3) is 0.375. The first-order valence-electron chi connectivity index (χ1n) is 7.31. The lowest BCUT2D eigenvalue weighted by atomic mass is 10.1. The SMILES string of the molecule is OC[C@@H](NCc1ccccn1)[C@@H](CO)NCc1ccccn1. The van der Waals surface area contributed by atoms with Crippen molar-refractivity contribution in [2.24, 2.45) is 0 Å². The molecule has 0 aliphatic heterocycles. The van der Waals surface area contributed by atoms with Crippen molar-refractivity contribution in [1.29, 1.82) is 0 Å². The van der Waals surface area contributed by atoms with Crippen molar-refractivity contribution in [1.82, 2.24) is 20.6 Å². The zero-order valence-electron chi connectivity index (χ0n) is 12.4. The van der Waals surface area contributed by atoms with Crippen LogP contribution in [0, 0.1) is 0 Å². The third kappa shape index (κ3) is 5.16. The van der Waals surface area contributed by atoms with Gasteiger partial charge >= 0.3 is 0 Å². The van der Waals surface area contributed by atoms with Crippen LogP contribution in [0.3, 0.4) is 0 Å². The molecule has 0 aliphatic carbocycles. The minimum absolute atomic E-state index is 0.0761. The Kier molecular flexibility index (Phi) is 6.92. The van der Waals surface area contributed by atoms with Gasteiger partial charge in [-0.3, -0.25) is 9.97 Å². The van der Waals surface area contributed by atoms with Crippen molar-refractivity contribution >= 4 is 0 Å². The monoisotopic (exact) mass is 302 g/mol. The maximum absolute atomic E-state index is 9.55. The summed E-state index contributed by atoms with van der Waals surface area (Å²) in [6, 6.07) is 10.8. The fourth-order valence-corrected chi connectivity index (χ4v) is 2.14. The predicted octanol–water partition coefficient (Wildman–Crippen LogP) is 0.0778.